The highest BCUT2D eigenvalue weighted by molar-refractivity contribution is 5.92. The van der Waals surface area contributed by atoms with Crippen LogP contribution in [0.3, 0.4) is 0 Å². The molecule has 1 aliphatic rings. The van der Waals surface area contributed by atoms with Crippen LogP contribution in [-0.4, -0.2) is 37.5 Å². The van der Waals surface area contributed by atoms with E-state index in [9.17, 15) is 9.18 Å². The summed E-state index contributed by atoms with van der Waals surface area (Å²) in [6.07, 6.45) is 7.98. The third-order valence-electron chi connectivity index (χ3n) is 4.45. The number of carbonyl (C=O) groups excluding carboxylic acids is 1. The van der Waals surface area contributed by atoms with Gasteiger partial charge in [-0.2, -0.15) is 5.10 Å². The summed E-state index contributed by atoms with van der Waals surface area (Å²) < 4.78 is 13.2. The zero-order chi connectivity index (χ0) is 17.2. The van der Waals surface area contributed by atoms with Crippen LogP contribution >= 0.6 is 0 Å². The van der Waals surface area contributed by atoms with Gasteiger partial charge in [-0.25, -0.2) is 9.37 Å². The standard InChI is InChI=1S/C18H16FN5O/c19-13-5-3-12(4-6-13)14-10-22-23-17(14)16-2-1-9-24(16)18(25)15-11-20-7-8-21-15/h3-8,10-11,16H,1-2,9H2,(H,22,23)/t16-/m0/s1. The van der Waals surface area contributed by atoms with Crippen molar-refractivity contribution in [2.75, 3.05) is 6.54 Å². The lowest BCUT2D eigenvalue weighted by molar-refractivity contribution is 0.0727. The third-order valence-corrected chi connectivity index (χ3v) is 4.45. The summed E-state index contributed by atoms with van der Waals surface area (Å²) in [5.41, 5.74) is 2.94. The molecule has 1 N–H and O–H groups in total. The maximum absolute atomic E-state index is 13.2. The van der Waals surface area contributed by atoms with Crippen molar-refractivity contribution in [1.29, 1.82) is 0 Å². The minimum atomic E-state index is -0.283. The van der Waals surface area contributed by atoms with Gasteiger partial charge in [0.25, 0.3) is 5.91 Å². The molecular weight excluding hydrogens is 321 g/mol. The largest absolute Gasteiger partial charge is 0.329 e. The molecule has 0 bridgehead atoms. The lowest BCUT2D eigenvalue weighted by atomic mass is 10.0. The number of halogens is 1. The molecular formula is C18H16FN5O. The molecule has 0 unspecified atom stereocenters. The highest BCUT2D eigenvalue weighted by Gasteiger charge is 2.33. The molecule has 1 saturated heterocycles. The normalized spacial score (nSPS) is 17.0. The fourth-order valence-corrected chi connectivity index (χ4v) is 3.28. The zero-order valence-electron chi connectivity index (χ0n) is 13.4. The number of benzene rings is 1. The van der Waals surface area contributed by atoms with Crippen LogP contribution < -0.4 is 0 Å². The van der Waals surface area contributed by atoms with E-state index in [1.165, 1.54) is 24.5 Å². The maximum Gasteiger partial charge on any atom is 0.274 e. The Hall–Kier alpha value is -3.09. The molecule has 1 aromatic carbocycles. The predicted octanol–water partition coefficient (Wildman–Crippen LogP) is 2.98. The molecule has 0 spiro atoms. The monoisotopic (exact) mass is 337 g/mol. The fraction of sp³-hybridized carbons (Fsp3) is 0.222. The Labute approximate surface area is 143 Å². The highest BCUT2D eigenvalue weighted by Crippen LogP contribution is 2.37. The molecule has 1 aliphatic heterocycles. The summed E-state index contributed by atoms with van der Waals surface area (Å²) in [6.45, 7) is 0.655. The first-order chi connectivity index (χ1) is 12.2. The third kappa shape index (κ3) is 2.88. The lowest BCUT2D eigenvalue weighted by Gasteiger charge is -2.24. The van der Waals surface area contributed by atoms with E-state index in [2.05, 4.69) is 20.2 Å². The second kappa shape index (κ2) is 6.43. The lowest BCUT2D eigenvalue weighted by Crippen LogP contribution is -2.31. The molecule has 1 amide bonds. The summed E-state index contributed by atoms with van der Waals surface area (Å²) in [6, 6.07) is 6.16. The van der Waals surface area contributed by atoms with Gasteiger partial charge in [-0.1, -0.05) is 12.1 Å². The number of likely N-dealkylation sites (tertiary alicyclic amines) is 1. The van der Waals surface area contributed by atoms with Gasteiger partial charge in [0.05, 0.1) is 24.1 Å². The molecule has 7 heteroatoms. The molecule has 0 saturated carbocycles. The molecule has 1 fully saturated rings. The Morgan fingerprint density at radius 2 is 2.04 bits per heavy atom. The van der Waals surface area contributed by atoms with E-state index in [1.807, 2.05) is 0 Å². The minimum Gasteiger partial charge on any atom is -0.329 e. The van der Waals surface area contributed by atoms with Gasteiger partial charge in [-0.05, 0) is 30.5 Å². The van der Waals surface area contributed by atoms with Gasteiger partial charge in [0.15, 0.2) is 0 Å². The van der Waals surface area contributed by atoms with Crippen molar-refractivity contribution in [3.05, 3.63) is 66.3 Å². The van der Waals surface area contributed by atoms with E-state index in [0.717, 1.165) is 29.7 Å². The van der Waals surface area contributed by atoms with Crippen LogP contribution in [0, 0.1) is 5.82 Å². The van der Waals surface area contributed by atoms with Crippen LogP contribution in [0.2, 0.25) is 0 Å². The summed E-state index contributed by atoms with van der Waals surface area (Å²) >= 11 is 0. The van der Waals surface area contributed by atoms with E-state index in [1.54, 1.807) is 29.4 Å². The SMILES string of the molecule is O=C(c1cnccn1)N1CCC[C@H]1c1[nH]ncc1-c1ccc(F)cc1. The molecule has 3 aromatic rings. The van der Waals surface area contributed by atoms with Crippen molar-refractivity contribution in [3.63, 3.8) is 0 Å². The summed E-state index contributed by atoms with van der Waals surface area (Å²) in [4.78, 5) is 22.7. The van der Waals surface area contributed by atoms with Crippen LogP contribution in [0.4, 0.5) is 4.39 Å². The number of hydrogen-bond donors (Lipinski definition) is 1. The first-order valence-electron chi connectivity index (χ1n) is 8.10. The van der Waals surface area contributed by atoms with Crippen molar-refractivity contribution in [2.24, 2.45) is 0 Å². The van der Waals surface area contributed by atoms with Crippen LogP contribution in [0.1, 0.15) is 35.1 Å². The number of aromatic nitrogens is 4. The van der Waals surface area contributed by atoms with E-state index >= 15 is 0 Å². The number of rotatable bonds is 3. The summed E-state index contributed by atoms with van der Waals surface area (Å²) in [7, 11) is 0. The quantitative estimate of drug-likeness (QED) is 0.797. The van der Waals surface area contributed by atoms with Crippen molar-refractivity contribution < 1.29 is 9.18 Å². The Morgan fingerprint density at radius 3 is 2.80 bits per heavy atom. The van der Waals surface area contributed by atoms with Crippen LogP contribution in [0.25, 0.3) is 11.1 Å². The molecule has 25 heavy (non-hydrogen) atoms. The second-order valence-corrected chi connectivity index (χ2v) is 5.95. The van der Waals surface area contributed by atoms with Gasteiger partial charge in [-0.15, -0.1) is 0 Å². The Kier molecular flexibility index (Phi) is 3.97. The van der Waals surface area contributed by atoms with E-state index in [4.69, 9.17) is 0 Å². The molecule has 126 valence electrons. The maximum atomic E-state index is 13.2. The van der Waals surface area contributed by atoms with Gasteiger partial charge < -0.3 is 4.90 Å². The van der Waals surface area contributed by atoms with Crippen molar-refractivity contribution in [1.82, 2.24) is 25.1 Å². The number of H-pyrrole nitrogens is 1. The van der Waals surface area contributed by atoms with Crippen molar-refractivity contribution in [3.8, 4) is 11.1 Å². The summed E-state index contributed by atoms with van der Waals surface area (Å²) in [5, 5.41) is 7.17. The highest BCUT2D eigenvalue weighted by atomic mass is 19.1. The number of hydrogen-bond acceptors (Lipinski definition) is 4. The topological polar surface area (TPSA) is 74.8 Å². The first kappa shape index (κ1) is 15.4. The van der Waals surface area contributed by atoms with Gasteiger partial charge in [-0.3, -0.25) is 14.9 Å². The molecule has 6 nitrogen and oxygen atoms in total. The molecule has 0 aliphatic carbocycles. The Bertz CT molecular complexity index is 878. The Balaban J connectivity index is 1.67. The van der Waals surface area contributed by atoms with Crippen LogP contribution in [0.15, 0.2) is 49.1 Å². The number of amides is 1. The molecule has 4 rings (SSSR count). The molecule has 1 atom stereocenters. The average Bonchev–Trinajstić information content (AvgIpc) is 3.31. The number of aromatic amines is 1. The van der Waals surface area contributed by atoms with Gasteiger partial charge in [0.1, 0.15) is 11.5 Å². The van der Waals surface area contributed by atoms with E-state index in [0.29, 0.717) is 12.2 Å². The van der Waals surface area contributed by atoms with E-state index < -0.39 is 0 Å². The minimum absolute atomic E-state index is 0.114. The zero-order valence-corrected chi connectivity index (χ0v) is 13.4. The predicted molar refractivity (Wildman–Crippen MR) is 89.0 cm³/mol. The number of nitrogens with one attached hydrogen (secondary N) is 1. The molecule has 0 radical (unpaired) electrons. The average molecular weight is 337 g/mol. The van der Waals surface area contributed by atoms with Gasteiger partial charge >= 0.3 is 0 Å². The van der Waals surface area contributed by atoms with E-state index in [-0.39, 0.29) is 17.8 Å². The van der Waals surface area contributed by atoms with Crippen molar-refractivity contribution >= 4 is 5.91 Å². The fourth-order valence-electron chi connectivity index (χ4n) is 3.28. The van der Waals surface area contributed by atoms with Crippen molar-refractivity contribution in [2.45, 2.75) is 18.9 Å². The Morgan fingerprint density at radius 1 is 1.20 bits per heavy atom. The summed E-state index contributed by atoms with van der Waals surface area (Å²) in [5.74, 6) is -0.427. The van der Waals surface area contributed by atoms with Gasteiger partial charge in [0, 0.05) is 24.5 Å². The molecule has 3 heterocycles. The second-order valence-electron chi connectivity index (χ2n) is 5.95. The van der Waals surface area contributed by atoms with Gasteiger partial charge in [0.2, 0.25) is 0 Å². The molecule has 2 aromatic heterocycles. The number of nitrogens with zero attached hydrogens (tertiary/aromatic N) is 4. The smallest absolute Gasteiger partial charge is 0.274 e. The van der Waals surface area contributed by atoms with Crippen LogP contribution in [0.5, 0.6) is 0 Å². The van der Waals surface area contributed by atoms with Crippen LogP contribution in [-0.2, 0) is 0 Å². The number of carbonyl (C=O) groups is 1. The first-order valence-corrected chi connectivity index (χ1v) is 8.10.